The van der Waals surface area contributed by atoms with Crippen LogP contribution in [0.3, 0.4) is 0 Å². The maximum Gasteiger partial charge on any atom is 0.330 e. The Kier molecular flexibility index (Phi) is 10.4. The minimum absolute atomic E-state index is 0.0603. The van der Waals surface area contributed by atoms with Crippen LogP contribution in [0.15, 0.2) is 34.0 Å². The van der Waals surface area contributed by atoms with Gasteiger partial charge in [-0.1, -0.05) is 54.2 Å². The summed E-state index contributed by atoms with van der Waals surface area (Å²) in [6, 6.07) is 0. The molecular formula is C26H37IO6. The van der Waals surface area contributed by atoms with Crippen LogP contribution >= 0.6 is 22.6 Å². The van der Waals surface area contributed by atoms with Crippen LogP contribution in [-0.2, 0) is 28.5 Å². The molecule has 0 aromatic rings. The lowest BCUT2D eigenvalue weighted by Crippen LogP contribution is -2.37. The van der Waals surface area contributed by atoms with Crippen molar-refractivity contribution in [2.75, 3.05) is 7.11 Å². The van der Waals surface area contributed by atoms with Crippen molar-refractivity contribution in [1.82, 2.24) is 0 Å². The number of esters is 2. The van der Waals surface area contributed by atoms with E-state index in [1.54, 1.807) is 6.08 Å². The summed E-state index contributed by atoms with van der Waals surface area (Å²) in [6.07, 6.45) is 13.8. The fourth-order valence-electron chi connectivity index (χ4n) is 5.01. The van der Waals surface area contributed by atoms with Gasteiger partial charge in [-0.2, -0.15) is 0 Å². The molecule has 6 nitrogen and oxygen atoms in total. The summed E-state index contributed by atoms with van der Waals surface area (Å²) in [5, 5.41) is 0. The SMILES string of the molecule is COC(=O)/C=C1\C[C@H]2CC(=O)O[C@@H](/C=C/I)[C@@H](C)C=CC(C)C[C@H]3CCC[C@@H](C[C@@H](C1)O2)O3. The zero-order valence-electron chi connectivity index (χ0n) is 19.9. The number of carbonyl (C=O) groups excluding carboxylic acids is 2. The van der Waals surface area contributed by atoms with Gasteiger partial charge in [-0.05, 0) is 54.6 Å². The van der Waals surface area contributed by atoms with Gasteiger partial charge >= 0.3 is 11.9 Å². The van der Waals surface area contributed by atoms with E-state index in [1.165, 1.54) is 7.11 Å². The number of ether oxygens (including phenoxy) is 4. The summed E-state index contributed by atoms with van der Waals surface area (Å²) in [7, 11) is 1.38. The van der Waals surface area contributed by atoms with Crippen LogP contribution < -0.4 is 0 Å². The molecule has 2 saturated heterocycles. The second kappa shape index (κ2) is 13.0. The molecule has 0 saturated carbocycles. The molecule has 0 aromatic heterocycles. The Balaban J connectivity index is 1.83. The molecule has 3 aliphatic heterocycles. The van der Waals surface area contributed by atoms with E-state index < -0.39 is 0 Å². The van der Waals surface area contributed by atoms with E-state index in [2.05, 4.69) is 48.6 Å². The van der Waals surface area contributed by atoms with Gasteiger partial charge in [-0.25, -0.2) is 4.79 Å². The van der Waals surface area contributed by atoms with Crippen LogP contribution in [0.4, 0.5) is 0 Å². The molecule has 0 amide bonds. The van der Waals surface area contributed by atoms with Crippen molar-refractivity contribution in [3.63, 3.8) is 0 Å². The summed E-state index contributed by atoms with van der Waals surface area (Å²) in [6.45, 7) is 4.28. The molecule has 3 rings (SSSR count). The molecule has 3 heterocycles. The first-order valence-corrected chi connectivity index (χ1v) is 13.3. The summed E-state index contributed by atoms with van der Waals surface area (Å²) in [5.74, 6) is -0.212. The van der Waals surface area contributed by atoms with Gasteiger partial charge in [-0.3, -0.25) is 4.79 Å². The number of allylic oxidation sites excluding steroid dienone is 1. The maximum absolute atomic E-state index is 12.8. The molecule has 0 aliphatic carbocycles. The van der Waals surface area contributed by atoms with Crippen molar-refractivity contribution in [2.45, 2.75) is 95.7 Å². The van der Waals surface area contributed by atoms with Gasteiger partial charge < -0.3 is 18.9 Å². The number of fused-ring (bicyclic) bond motifs is 4. The van der Waals surface area contributed by atoms with Crippen molar-refractivity contribution in [3.8, 4) is 0 Å². The average Bonchev–Trinajstić information content (AvgIpc) is 2.76. The topological polar surface area (TPSA) is 71.1 Å². The highest BCUT2D eigenvalue weighted by Crippen LogP contribution is 2.33. The van der Waals surface area contributed by atoms with Crippen molar-refractivity contribution in [1.29, 1.82) is 0 Å². The monoisotopic (exact) mass is 572 g/mol. The molecule has 0 aromatic carbocycles. The predicted molar refractivity (Wildman–Crippen MR) is 135 cm³/mol. The summed E-state index contributed by atoms with van der Waals surface area (Å²) < 4.78 is 25.4. The van der Waals surface area contributed by atoms with Crippen LogP contribution in [0, 0.1) is 11.8 Å². The fourth-order valence-corrected chi connectivity index (χ4v) is 5.42. The van der Waals surface area contributed by atoms with Crippen LogP contribution in [0.2, 0.25) is 0 Å². The molecule has 0 N–H and O–H groups in total. The smallest absolute Gasteiger partial charge is 0.330 e. The molecule has 7 heteroatoms. The molecule has 184 valence electrons. The quantitative estimate of drug-likeness (QED) is 0.190. The van der Waals surface area contributed by atoms with E-state index >= 15 is 0 Å². The van der Waals surface area contributed by atoms with Crippen LogP contribution in [0.5, 0.6) is 0 Å². The number of cyclic esters (lactones) is 1. The molecule has 7 atom stereocenters. The van der Waals surface area contributed by atoms with Gasteiger partial charge in [-0.15, -0.1) is 0 Å². The van der Waals surface area contributed by atoms with Crippen molar-refractivity contribution in [2.24, 2.45) is 11.8 Å². The third kappa shape index (κ3) is 8.51. The van der Waals surface area contributed by atoms with Crippen LogP contribution in [0.25, 0.3) is 0 Å². The zero-order chi connectivity index (χ0) is 23.8. The molecule has 1 unspecified atom stereocenters. The lowest BCUT2D eigenvalue weighted by atomic mass is 9.89. The van der Waals surface area contributed by atoms with Crippen molar-refractivity contribution in [3.05, 3.63) is 34.0 Å². The Hall–Kier alpha value is -1.19. The van der Waals surface area contributed by atoms with E-state index in [9.17, 15) is 9.59 Å². The molecule has 0 radical (unpaired) electrons. The van der Waals surface area contributed by atoms with Crippen molar-refractivity contribution < 1.29 is 28.5 Å². The number of halogens is 1. The molecule has 33 heavy (non-hydrogen) atoms. The number of hydrogen-bond acceptors (Lipinski definition) is 6. The Morgan fingerprint density at radius 1 is 1.03 bits per heavy atom. The Bertz CT molecular complexity index is 760. The van der Waals surface area contributed by atoms with Gasteiger partial charge in [0.2, 0.25) is 0 Å². The first-order chi connectivity index (χ1) is 15.9. The minimum Gasteiger partial charge on any atom is -0.466 e. The minimum atomic E-state index is -0.370. The molecular weight excluding hydrogens is 535 g/mol. The molecule has 2 fully saturated rings. The molecule has 4 bridgehead atoms. The highest BCUT2D eigenvalue weighted by molar-refractivity contribution is 14.1. The lowest BCUT2D eigenvalue weighted by molar-refractivity contribution is -0.154. The Labute approximate surface area is 211 Å². The number of rotatable bonds is 2. The maximum atomic E-state index is 12.8. The number of hydrogen-bond donors (Lipinski definition) is 0. The second-order valence-corrected chi connectivity index (χ2v) is 10.3. The van der Waals surface area contributed by atoms with Gasteiger partial charge in [0.05, 0.1) is 37.9 Å². The number of methoxy groups -OCH3 is 1. The van der Waals surface area contributed by atoms with E-state index in [0.29, 0.717) is 18.8 Å². The fraction of sp³-hybridized carbons (Fsp3) is 0.692. The summed E-state index contributed by atoms with van der Waals surface area (Å²) >= 11 is 2.15. The highest BCUT2D eigenvalue weighted by Gasteiger charge is 2.33. The Morgan fingerprint density at radius 2 is 1.73 bits per heavy atom. The third-order valence-electron chi connectivity index (χ3n) is 6.67. The lowest BCUT2D eigenvalue weighted by Gasteiger charge is -2.37. The third-order valence-corrected chi connectivity index (χ3v) is 7.09. The first kappa shape index (κ1) is 26.4. The van der Waals surface area contributed by atoms with Crippen LogP contribution in [0.1, 0.15) is 65.2 Å². The van der Waals surface area contributed by atoms with Gasteiger partial charge in [0.25, 0.3) is 0 Å². The molecule has 3 aliphatic rings. The van der Waals surface area contributed by atoms with E-state index in [1.807, 2.05) is 10.2 Å². The summed E-state index contributed by atoms with van der Waals surface area (Å²) in [5.41, 5.74) is 0.956. The van der Waals surface area contributed by atoms with Gasteiger partial charge in [0.15, 0.2) is 0 Å². The standard InChI is InChI=1S/C26H37IO6/c1-17-7-8-18(2)24(9-10-27)33-26(29)16-23-13-19(14-25(28)30-3)12-22(32-23)15-21-6-4-5-20(11-17)31-21/h7-10,14,17-18,20-24H,4-6,11-13,15-16H2,1-3H3/b8-7?,10-9+,19-14-/t17?,18-,20+,21-,22+,23-,24-/m0/s1. The Morgan fingerprint density at radius 3 is 2.45 bits per heavy atom. The normalized spacial score (nSPS) is 37.6. The van der Waals surface area contributed by atoms with Crippen LogP contribution in [-0.4, -0.2) is 49.6 Å². The zero-order valence-corrected chi connectivity index (χ0v) is 22.1. The van der Waals surface area contributed by atoms with E-state index in [-0.39, 0.29) is 54.8 Å². The van der Waals surface area contributed by atoms with Crippen molar-refractivity contribution >= 4 is 34.5 Å². The van der Waals surface area contributed by atoms with Gasteiger partial charge in [0.1, 0.15) is 6.10 Å². The molecule has 0 spiro atoms. The average molecular weight is 572 g/mol. The second-order valence-electron chi connectivity index (χ2n) is 9.59. The van der Waals surface area contributed by atoms with E-state index in [4.69, 9.17) is 18.9 Å². The predicted octanol–water partition coefficient (Wildman–Crippen LogP) is 5.44. The first-order valence-electron chi connectivity index (χ1n) is 12.1. The number of carbonyl (C=O) groups is 2. The van der Waals surface area contributed by atoms with Gasteiger partial charge in [0, 0.05) is 18.4 Å². The summed E-state index contributed by atoms with van der Waals surface area (Å²) in [4.78, 5) is 24.7. The highest BCUT2D eigenvalue weighted by atomic mass is 127. The van der Waals surface area contributed by atoms with E-state index in [0.717, 1.165) is 37.7 Å². The largest absolute Gasteiger partial charge is 0.466 e.